The van der Waals surface area contributed by atoms with E-state index in [2.05, 4.69) is 0 Å². The van der Waals surface area contributed by atoms with Crippen LogP contribution in [0.2, 0.25) is 0 Å². The minimum Gasteiger partial charge on any atom is -0.480 e. The van der Waals surface area contributed by atoms with Crippen molar-refractivity contribution in [2.45, 2.75) is 57.5 Å². The molecule has 0 aromatic heterocycles. The van der Waals surface area contributed by atoms with Crippen LogP contribution in [0.4, 0.5) is 4.79 Å². The van der Waals surface area contributed by atoms with E-state index in [4.69, 9.17) is 0 Å². The summed E-state index contributed by atoms with van der Waals surface area (Å²) in [5, 5.41) is 9.39. The van der Waals surface area contributed by atoms with Gasteiger partial charge in [-0.25, -0.2) is 9.59 Å². The maximum atomic E-state index is 12.5. The van der Waals surface area contributed by atoms with Crippen molar-refractivity contribution >= 4 is 12.0 Å². The fourth-order valence-corrected chi connectivity index (χ4v) is 3.48. The van der Waals surface area contributed by atoms with E-state index in [0.29, 0.717) is 18.9 Å². The van der Waals surface area contributed by atoms with Gasteiger partial charge < -0.3 is 14.9 Å². The number of rotatable bonds is 2. The quantitative estimate of drug-likeness (QED) is 0.835. The van der Waals surface area contributed by atoms with Crippen molar-refractivity contribution in [1.82, 2.24) is 9.80 Å². The lowest BCUT2D eigenvalue weighted by molar-refractivity contribution is -0.146. The number of carbonyl (C=O) groups excluding carboxylic acids is 1. The molecule has 1 aliphatic carbocycles. The van der Waals surface area contributed by atoms with Gasteiger partial charge in [0.15, 0.2) is 0 Å². The van der Waals surface area contributed by atoms with Crippen molar-refractivity contribution in [3.8, 4) is 0 Å². The Morgan fingerprint density at radius 2 is 1.89 bits per heavy atom. The van der Waals surface area contributed by atoms with Gasteiger partial charge in [0.25, 0.3) is 0 Å². The van der Waals surface area contributed by atoms with Gasteiger partial charge >= 0.3 is 12.0 Å². The van der Waals surface area contributed by atoms with Crippen LogP contribution in [-0.4, -0.2) is 52.6 Å². The van der Waals surface area contributed by atoms with Crippen molar-refractivity contribution in [1.29, 1.82) is 0 Å². The molecule has 19 heavy (non-hydrogen) atoms. The Labute approximate surface area is 114 Å². The average Bonchev–Trinajstić information content (AvgIpc) is 2.44. The summed E-state index contributed by atoms with van der Waals surface area (Å²) >= 11 is 0. The summed E-state index contributed by atoms with van der Waals surface area (Å²) < 4.78 is 0. The number of hydrogen-bond donors (Lipinski definition) is 1. The van der Waals surface area contributed by atoms with Crippen LogP contribution in [0.1, 0.15) is 45.4 Å². The third-order valence-corrected chi connectivity index (χ3v) is 4.68. The molecule has 0 aromatic rings. The minimum atomic E-state index is -0.859. The number of carboxylic acid groups (broad SMARTS) is 1. The van der Waals surface area contributed by atoms with Crippen LogP contribution < -0.4 is 0 Å². The zero-order valence-electron chi connectivity index (χ0n) is 11.8. The monoisotopic (exact) mass is 268 g/mol. The lowest BCUT2D eigenvalue weighted by Gasteiger charge is -2.48. The van der Waals surface area contributed by atoms with E-state index < -0.39 is 12.0 Å². The first-order valence-electron chi connectivity index (χ1n) is 7.32. The van der Waals surface area contributed by atoms with Crippen LogP contribution >= 0.6 is 0 Å². The zero-order valence-corrected chi connectivity index (χ0v) is 11.8. The lowest BCUT2D eigenvalue weighted by Crippen LogP contribution is -2.60. The summed E-state index contributed by atoms with van der Waals surface area (Å²) in [6.45, 7) is 2.52. The van der Waals surface area contributed by atoms with Crippen LogP contribution in [0.5, 0.6) is 0 Å². The van der Waals surface area contributed by atoms with E-state index >= 15 is 0 Å². The number of carboxylic acids is 1. The number of likely N-dealkylation sites (tertiary alicyclic amines) is 1. The van der Waals surface area contributed by atoms with Gasteiger partial charge in [-0.15, -0.1) is 0 Å². The second-order valence-corrected chi connectivity index (χ2v) is 5.75. The van der Waals surface area contributed by atoms with E-state index in [0.717, 1.165) is 25.7 Å². The molecule has 3 unspecified atom stereocenters. The first-order chi connectivity index (χ1) is 9.06. The molecule has 1 N–H and O–H groups in total. The Morgan fingerprint density at radius 3 is 2.53 bits per heavy atom. The molecule has 1 heterocycles. The number of aliphatic carboxylic acids is 1. The molecule has 108 valence electrons. The van der Waals surface area contributed by atoms with E-state index in [1.807, 2.05) is 6.92 Å². The Bertz CT molecular complexity index is 359. The first-order valence-corrected chi connectivity index (χ1v) is 7.32. The fourth-order valence-electron chi connectivity index (χ4n) is 3.48. The van der Waals surface area contributed by atoms with Crippen LogP contribution in [-0.2, 0) is 4.79 Å². The van der Waals surface area contributed by atoms with E-state index in [1.165, 1.54) is 6.42 Å². The summed E-state index contributed by atoms with van der Waals surface area (Å²) in [5.41, 5.74) is 0. The Balaban J connectivity index is 2.23. The van der Waals surface area contributed by atoms with Gasteiger partial charge in [0.05, 0.1) is 0 Å². The van der Waals surface area contributed by atoms with Crippen molar-refractivity contribution in [2.75, 3.05) is 13.6 Å². The summed E-state index contributed by atoms with van der Waals surface area (Å²) in [7, 11) is 1.74. The first kappa shape index (κ1) is 14.2. The molecule has 2 rings (SSSR count). The summed E-state index contributed by atoms with van der Waals surface area (Å²) in [6.07, 6.45) is 5.95. The van der Waals surface area contributed by atoms with Gasteiger partial charge in [0, 0.05) is 19.6 Å². The van der Waals surface area contributed by atoms with Gasteiger partial charge in [-0.3, -0.25) is 0 Å². The number of urea groups is 1. The maximum absolute atomic E-state index is 12.5. The number of amides is 2. The summed E-state index contributed by atoms with van der Waals surface area (Å²) in [6, 6.07) is -0.627. The molecule has 1 aliphatic heterocycles. The normalized spacial score (nSPS) is 30.6. The average molecular weight is 268 g/mol. The number of piperidine rings is 1. The highest BCUT2D eigenvalue weighted by Crippen LogP contribution is 2.38. The Morgan fingerprint density at radius 1 is 1.21 bits per heavy atom. The highest BCUT2D eigenvalue weighted by molar-refractivity contribution is 5.83. The molecule has 3 atom stereocenters. The highest BCUT2D eigenvalue weighted by Gasteiger charge is 2.44. The van der Waals surface area contributed by atoms with E-state index in [9.17, 15) is 14.7 Å². The summed E-state index contributed by atoms with van der Waals surface area (Å²) in [5.74, 6) is -0.361. The molecule has 2 aliphatic rings. The van der Waals surface area contributed by atoms with E-state index in [1.54, 1.807) is 16.8 Å². The molecule has 1 saturated carbocycles. The maximum Gasteiger partial charge on any atom is 0.326 e. The van der Waals surface area contributed by atoms with Crippen LogP contribution in [0.25, 0.3) is 0 Å². The third kappa shape index (κ3) is 2.69. The zero-order chi connectivity index (χ0) is 14.0. The van der Waals surface area contributed by atoms with Gasteiger partial charge in [-0.1, -0.05) is 12.8 Å². The van der Waals surface area contributed by atoms with Crippen LogP contribution in [0, 0.1) is 5.92 Å². The molecule has 2 amide bonds. The second kappa shape index (κ2) is 5.80. The molecule has 0 spiro atoms. The highest BCUT2D eigenvalue weighted by atomic mass is 16.4. The predicted octanol–water partition coefficient (Wildman–Crippen LogP) is 2.17. The van der Waals surface area contributed by atoms with Crippen molar-refractivity contribution < 1.29 is 14.7 Å². The van der Waals surface area contributed by atoms with Crippen molar-refractivity contribution in [3.05, 3.63) is 0 Å². The predicted molar refractivity (Wildman–Crippen MR) is 71.9 cm³/mol. The second-order valence-electron chi connectivity index (χ2n) is 5.75. The third-order valence-electron chi connectivity index (χ3n) is 4.68. The Kier molecular flexibility index (Phi) is 4.32. The van der Waals surface area contributed by atoms with E-state index in [-0.39, 0.29) is 12.1 Å². The smallest absolute Gasteiger partial charge is 0.326 e. The molecule has 2 fully saturated rings. The van der Waals surface area contributed by atoms with Crippen LogP contribution in [0.3, 0.4) is 0 Å². The lowest BCUT2D eigenvalue weighted by atomic mass is 9.76. The SMILES string of the molecule is CCN(C)C(=O)N1C(C(=O)O)CCC2CCCCC21. The van der Waals surface area contributed by atoms with Crippen molar-refractivity contribution in [3.63, 3.8) is 0 Å². The molecular weight excluding hydrogens is 244 g/mol. The largest absolute Gasteiger partial charge is 0.480 e. The van der Waals surface area contributed by atoms with Gasteiger partial charge in [0.2, 0.25) is 0 Å². The van der Waals surface area contributed by atoms with Gasteiger partial charge in [0.1, 0.15) is 6.04 Å². The topological polar surface area (TPSA) is 60.9 Å². The molecule has 5 heteroatoms. The van der Waals surface area contributed by atoms with Crippen LogP contribution in [0.15, 0.2) is 0 Å². The fraction of sp³-hybridized carbons (Fsp3) is 0.857. The number of carbonyl (C=O) groups is 2. The van der Waals surface area contributed by atoms with Gasteiger partial charge in [-0.05, 0) is 38.5 Å². The minimum absolute atomic E-state index is 0.119. The molecule has 0 radical (unpaired) electrons. The molecule has 0 bridgehead atoms. The standard InChI is InChI=1S/C14H24N2O3/c1-3-15(2)14(19)16-11-7-5-4-6-10(11)8-9-12(16)13(17)18/h10-12H,3-9H2,1-2H3,(H,17,18). The number of fused-ring (bicyclic) bond motifs is 1. The summed E-state index contributed by atoms with van der Waals surface area (Å²) in [4.78, 5) is 27.2. The Hall–Kier alpha value is -1.26. The molecule has 5 nitrogen and oxygen atoms in total. The molecule has 1 saturated heterocycles. The van der Waals surface area contributed by atoms with Crippen molar-refractivity contribution in [2.24, 2.45) is 5.92 Å². The number of hydrogen-bond acceptors (Lipinski definition) is 2. The number of nitrogens with zero attached hydrogens (tertiary/aromatic N) is 2. The molecule has 0 aromatic carbocycles. The molecular formula is C14H24N2O3. The van der Waals surface area contributed by atoms with Gasteiger partial charge in [-0.2, -0.15) is 0 Å².